The van der Waals surface area contributed by atoms with Gasteiger partial charge in [-0.2, -0.15) is 0 Å². The van der Waals surface area contributed by atoms with E-state index in [0.717, 1.165) is 24.5 Å². The van der Waals surface area contributed by atoms with Crippen LogP contribution in [0.5, 0.6) is 5.75 Å². The molecule has 1 aliphatic heterocycles. The first-order chi connectivity index (χ1) is 13.0. The van der Waals surface area contributed by atoms with Gasteiger partial charge in [0.15, 0.2) is 0 Å². The first-order valence-electron chi connectivity index (χ1n) is 8.95. The average Bonchev–Trinajstić information content (AvgIpc) is 3.11. The van der Waals surface area contributed by atoms with Gasteiger partial charge in [0, 0.05) is 31.5 Å². The van der Waals surface area contributed by atoms with Crippen molar-refractivity contribution in [3.63, 3.8) is 0 Å². The molecule has 2 heterocycles. The summed E-state index contributed by atoms with van der Waals surface area (Å²) in [6.45, 7) is 4.19. The second-order valence-corrected chi connectivity index (χ2v) is 8.68. The summed E-state index contributed by atoms with van der Waals surface area (Å²) in [5.74, 6) is 0.875. The maximum atomic E-state index is 12.9. The molecule has 2 aromatic carbocycles. The Hall–Kier alpha value is -2.57. The predicted molar refractivity (Wildman–Crippen MR) is 104 cm³/mol. The third kappa shape index (κ3) is 3.77. The molecular weight excluding hydrogens is 360 g/mol. The Kier molecular flexibility index (Phi) is 4.76. The quantitative estimate of drug-likeness (QED) is 0.656. The van der Waals surface area contributed by atoms with Crippen molar-refractivity contribution in [2.75, 3.05) is 13.1 Å². The molecule has 1 aliphatic rings. The van der Waals surface area contributed by atoms with Crippen molar-refractivity contribution in [2.45, 2.75) is 24.5 Å². The molecule has 140 valence electrons. The van der Waals surface area contributed by atoms with E-state index in [1.807, 2.05) is 43.3 Å². The largest absolute Gasteiger partial charge is 0.488 e. The second-order valence-electron chi connectivity index (χ2n) is 6.86. The minimum Gasteiger partial charge on any atom is -0.488 e. The van der Waals surface area contributed by atoms with E-state index < -0.39 is 10.0 Å². The molecule has 0 unspecified atom stereocenters. The number of aromatic nitrogens is 1. The lowest BCUT2D eigenvalue weighted by atomic mass is 10.1. The predicted octanol–water partition coefficient (Wildman–Crippen LogP) is 3.30. The van der Waals surface area contributed by atoms with Crippen molar-refractivity contribution >= 4 is 10.0 Å². The summed E-state index contributed by atoms with van der Waals surface area (Å²) in [6, 6.07) is 20.2. The zero-order valence-corrected chi connectivity index (χ0v) is 16.0. The molecule has 0 amide bonds. The standard InChI is InChI=1S/C21H22N2O3S/c1-17-9-11-19(12-10-17)26-20-15-22(16-20)14-18-6-5-13-23(18)27(24,25)21-7-3-2-4-8-21/h2-13,20H,14-16H2,1H3. The third-order valence-corrected chi connectivity index (χ3v) is 6.47. The minimum absolute atomic E-state index is 0.141. The molecule has 1 saturated heterocycles. The average molecular weight is 382 g/mol. The molecule has 1 aromatic heterocycles. The molecule has 0 bridgehead atoms. The highest BCUT2D eigenvalue weighted by Gasteiger charge is 2.30. The summed E-state index contributed by atoms with van der Waals surface area (Å²) in [6.07, 6.45) is 1.75. The lowest BCUT2D eigenvalue weighted by molar-refractivity contribution is 0.0137. The van der Waals surface area contributed by atoms with Gasteiger partial charge >= 0.3 is 0 Å². The van der Waals surface area contributed by atoms with Crippen LogP contribution in [0, 0.1) is 6.92 Å². The van der Waals surface area contributed by atoms with Gasteiger partial charge in [0.1, 0.15) is 11.9 Å². The third-order valence-electron chi connectivity index (χ3n) is 4.73. The number of rotatable bonds is 6. The van der Waals surface area contributed by atoms with E-state index in [4.69, 9.17) is 4.74 Å². The molecule has 5 nitrogen and oxygen atoms in total. The first-order valence-corrected chi connectivity index (χ1v) is 10.4. The summed E-state index contributed by atoms with van der Waals surface area (Å²) >= 11 is 0. The smallest absolute Gasteiger partial charge is 0.267 e. The van der Waals surface area contributed by atoms with Crippen LogP contribution in [-0.4, -0.2) is 36.5 Å². The minimum atomic E-state index is -3.56. The Morgan fingerprint density at radius 3 is 2.37 bits per heavy atom. The van der Waals surface area contributed by atoms with E-state index >= 15 is 0 Å². The van der Waals surface area contributed by atoms with E-state index in [0.29, 0.717) is 11.4 Å². The molecule has 0 saturated carbocycles. The number of nitrogens with zero attached hydrogens (tertiary/aromatic N) is 2. The molecule has 27 heavy (non-hydrogen) atoms. The van der Waals surface area contributed by atoms with Crippen molar-refractivity contribution in [2.24, 2.45) is 0 Å². The van der Waals surface area contributed by atoms with Gasteiger partial charge < -0.3 is 4.74 Å². The molecule has 4 rings (SSSR count). The molecule has 0 N–H and O–H groups in total. The van der Waals surface area contributed by atoms with Crippen LogP contribution < -0.4 is 4.74 Å². The van der Waals surface area contributed by atoms with Crippen molar-refractivity contribution in [1.29, 1.82) is 0 Å². The summed E-state index contributed by atoms with van der Waals surface area (Å²) < 4.78 is 33.0. The Bertz CT molecular complexity index is 1010. The topological polar surface area (TPSA) is 51.5 Å². The molecule has 1 fully saturated rings. The summed E-state index contributed by atoms with van der Waals surface area (Å²) in [4.78, 5) is 2.48. The van der Waals surface area contributed by atoms with Crippen LogP contribution in [0.2, 0.25) is 0 Å². The molecule has 0 atom stereocenters. The van der Waals surface area contributed by atoms with Gasteiger partial charge in [0.2, 0.25) is 0 Å². The number of likely N-dealkylation sites (tertiary alicyclic amines) is 1. The zero-order valence-electron chi connectivity index (χ0n) is 15.2. The van der Waals surface area contributed by atoms with Gasteiger partial charge in [-0.15, -0.1) is 0 Å². The monoisotopic (exact) mass is 382 g/mol. The van der Waals surface area contributed by atoms with Crippen molar-refractivity contribution in [3.8, 4) is 5.75 Å². The Labute approximate surface area is 159 Å². The van der Waals surface area contributed by atoms with Crippen LogP contribution in [0.1, 0.15) is 11.3 Å². The van der Waals surface area contributed by atoms with E-state index in [1.165, 1.54) is 9.54 Å². The molecule has 6 heteroatoms. The highest BCUT2D eigenvalue weighted by Crippen LogP contribution is 2.22. The fraction of sp³-hybridized carbons (Fsp3) is 0.238. The summed E-state index contributed by atoms with van der Waals surface area (Å²) in [7, 11) is -3.56. The molecule has 3 aromatic rings. The highest BCUT2D eigenvalue weighted by atomic mass is 32.2. The van der Waals surface area contributed by atoms with Crippen LogP contribution in [-0.2, 0) is 16.6 Å². The Balaban J connectivity index is 1.40. The van der Waals surface area contributed by atoms with Crippen LogP contribution in [0.3, 0.4) is 0 Å². The van der Waals surface area contributed by atoms with Crippen molar-refractivity contribution < 1.29 is 13.2 Å². The summed E-state index contributed by atoms with van der Waals surface area (Å²) in [5.41, 5.74) is 1.96. The van der Waals surface area contributed by atoms with E-state index in [2.05, 4.69) is 4.90 Å². The number of hydrogen-bond acceptors (Lipinski definition) is 4. The van der Waals surface area contributed by atoms with Gasteiger partial charge in [-0.1, -0.05) is 35.9 Å². The second kappa shape index (κ2) is 7.21. The SMILES string of the molecule is Cc1ccc(OC2CN(Cc3cccn3S(=O)(=O)c3ccccc3)C2)cc1. The fourth-order valence-electron chi connectivity index (χ4n) is 3.23. The van der Waals surface area contributed by atoms with E-state index in [-0.39, 0.29) is 6.10 Å². The maximum Gasteiger partial charge on any atom is 0.267 e. The number of ether oxygens (including phenoxy) is 1. The van der Waals surface area contributed by atoms with Gasteiger partial charge in [0.25, 0.3) is 10.0 Å². The molecule has 0 spiro atoms. The fourth-order valence-corrected chi connectivity index (χ4v) is 4.61. The van der Waals surface area contributed by atoms with E-state index in [9.17, 15) is 8.42 Å². The van der Waals surface area contributed by atoms with Gasteiger partial charge in [0.05, 0.1) is 4.90 Å². The van der Waals surface area contributed by atoms with Gasteiger partial charge in [-0.05, 0) is 43.3 Å². The van der Waals surface area contributed by atoms with Crippen LogP contribution >= 0.6 is 0 Å². The van der Waals surface area contributed by atoms with Gasteiger partial charge in [-0.25, -0.2) is 12.4 Å². The number of aryl methyl sites for hydroxylation is 1. The van der Waals surface area contributed by atoms with Crippen LogP contribution in [0.25, 0.3) is 0 Å². The normalized spacial score (nSPS) is 15.4. The molecule has 0 aliphatic carbocycles. The Morgan fingerprint density at radius 1 is 0.963 bits per heavy atom. The molecular formula is C21H22N2O3S. The summed E-state index contributed by atoms with van der Waals surface area (Å²) in [5, 5.41) is 0. The zero-order chi connectivity index (χ0) is 18.9. The van der Waals surface area contributed by atoms with Gasteiger partial charge in [-0.3, -0.25) is 4.90 Å². The lowest BCUT2D eigenvalue weighted by Crippen LogP contribution is -2.53. The Morgan fingerprint density at radius 2 is 1.67 bits per heavy atom. The van der Waals surface area contributed by atoms with Crippen LogP contribution in [0.15, 0.2) is 77.8 Å². The number of benzene rings is 2. The van der Waals surface area contributed by atoms with E-state index in [1.54, 1.807) is 36.5 Å². The first kappa shape index (κ1) is 17.8. The molecule has 0 radical (unpaired) electrons. The van der Waals surface area contributed by atoms with Crippen molar-refractivity contribution in [1.82, 2.24) is 8.87 Å². The van der Waals surface area contributed by atoms with Crippen molar-refractivity contribution in [3.05, 3.63) is 84.2 Å². The lowest BCUT2D eigenvalue weighted by Gasteiger charge is -2.39. The van der Waals surface area contributed by atoms with Crippen LogP contribution in [0.4, 0.5) is 0 Å². The number of hydrogen-bond donors (Lipinski definition) is 0. The highest BCUT2D eigenvalue weighted by molar-refractivity contribution is 7.90. The maximum absolute atomic E-state index is 12.9.